The summed E-state index contributed by atoms with van der Waals surface area (Å²) in [5, 5.41) is 12.7. The maximum Gasteiger partial charge on any atom is 0.101 e. The molecular weight excluding hydrogens is 246 g/mol. The number of piperidine rings is 1. The standard InChI is InChI=1S/C17H25N3/c1-3-14-7-9-20(10-8-14)17-6-5-15(13-19-4-2)11-16(17)12-18/h5-6,11,14,19H,3-4,7-10,13H2,1-2H3. The number of benzene rings is 1. The summed E-state index contributed by atoms with van der Waals surface area (Å²) in [6, 6.07) is 8.66. The van der Waals surface area contributed by atoms with E-state index in [1.807, 2.05) is 6.07 Å². The van der Waals surface area contributed by atoms with Gasteiger partial charge in [0.1, 0.15) is 6.07 Å². The second kappa shape index (κ2) is 7.31. The Morgan fingerprint density at radius 2 is 2.05 bits per heavy atom. The fourth-order valence-corrected chi connectivity index (χ4v) is 2.91. The van der Waals surface area contributed by atoms with E-state index in [-0.39, 0.29) is 0 Å². The van der Waals surface area contributed by atoms with E-state index in [1.165, 1.54) is 24.8 Å². The Labute approximate surface area is 122 Å². The van der Waals surface area contributed by atoms with E-state index in [2.05, 4.69) is 42.3 Å². The number of rotatable bonds is 5. The SMILES string of the molecule is CCNCc1ccc(N2CCC(CC)CC2)c(C#N)c1. The van der Waals surface area contributed by atoms with E-state index in [0.29, 0.717) is 0 Å². The first-order valence-electron chi connectivity index (χ1n) is 7.77. The maximum absolute atomic E-state index is 9.40. The smallest absolute Gasteiger partial charge is 0.101 e. The highest BCUT2D eigenvalue weighted by molar-refractivity contribution is 5.60. The molecule has 0 aromatic heterocycles. The number of nitriles is 1. The molecule has 1 aromatic rings. The van der Waals surface area contributed by atoms with E-state index in [0.717, 1.165) is 43.3 Å². The summed E-state index contributed by atoms with van der Waals surface area (Å²) in [4.78, 5) is 2.38. The average molecular weight is 271 g/mol. The second-order valence-corrected chi connectivity index (χ2v) is 5.58. The van der Waals surface area contributed by atoms with Gasteiger partial charge in [0.2, 0.25) is 0 Å². The minimum absolute atomic E-state index is 0.815. The van der Waals surface area contributed by atoms with Crippen molar-refractivity contribution in [1.82, 2.24) is 5.32 Å². The first kappa shape index (κ1) is 14.9. The lowest BCUT2D eigenvalue weighted by molar-refractivity contribution is 0.395. The summed E-state index contributed by atoms with van der Waals surface area (Å²) in [7, 11) is 0. The third-order valence-corrected chi connectivity index (χ3v) is 4.29. The van der Waals surface area contributed by atoms with Crippen LogP contribution < -0.4 is 10.2 Å². The zero-order valence-corrected chi connectivity index (χ0v) is 12.7. The fourth-order valence-electron chi connectivity index (χ4n) is 2.91. The number of hydrogen-bond acceptors (Lipinski definition) is 3. The summed E-state index contributed by atoms with van der Waals surface area (Å²) in [5.74, 6) is 0.866. The van der Waals surface area contributed by atoms with Crippen LogP contribution in [0.1, 0.15) is 44.2 Å². The van der Waals surface area contributed by atoms with E-state index in [9.17, 15) is 5.26 Å². The molecule has 3 nitrogen and oxygen atoms in total. The van der Waals surface area contributed by atoms with Gasteiger partial charge in [-0.2, -0.15) is 5.26 Å². The van der Waals surface area contributed by atoms with Gasteiger partial charge in [-0.05, 0) is 43.0 Å². The lowest BCUT2D eigenvalue weighted by atomic mass is 9.93. The predicted molar refractivity (Wildman–Crippen MR) is 83.8 cm³/mol. The third kappa shape index (κ3) is 3.52. The molecule has 0 spiro atoms. The van der Waals surface area contributed by atoms with E-state index >= 15 is 0 Å². The maximum atomic E-state index is 9.40. The molecule has 0 aliphatic carbocycles. The molecule has 1 heterocycles. The van der Waals surface area contributed by atoms with Crippen LogP contribution in [0.15, 0.2) is 18.2 Å². The van der Waals surface area contributed by atoms with Crippen LogP contribution in [-0.2, 0) is 6.54 Å². The van der Waals surface area contributed by atoms with Crippen LogP contribution in [0.2, 0.25) is 0 Å². The van der Waals surface area contributed by atoms with E-state index < -0.39 is 0 Å². The van der Waals surface area contributed by atoms with Crippen LogP contribution in [0.3, 0.4) is 0 Å². The number of nitrogens with zero attached hydrogens (tertiary/aromatic N) is 2. The molecule has 1 aliphatic rings. The fraction of sp³-hybridized carbons (Fsp3) is 0.588. The molecule has 0 radical (unpaired) electrons. The van der Waals surface area contributed by atoms with Crippen LogP contribution in [0.5, 0.6) is 0 Å². The molecular formula is C17H25N3. The van der Waals surface area contributed by atoms with Gasteiger partial charge in [-0.3, -0.25) is 0 Å². The molecule has 0 amide bonds. The molecule has 0 bridgehead atoms. The van der Waals surface area contributed by atoms with E-state index in [1.54, 1.807) is 0 Å². The van der Waals surface area contributed by atoms with Crippen molar-refractivity contribution in [3.05, 3.63) is 29.3 Å². The van der Waals surface area contributed by atoms with Crippen LogP contribution in [-0.4, -0.2) is 19.6 Å². The minimum Gasteiger partial charge on any atom is -0.370 e. The van der Waals surface area contributed by atoms with Crippen molar-refractivity contribution >= 4 is 5.69 Å². The first-order chi connectivity index (χ1) is 9.78. The van der Waals surface area contributed by atoms with Gasteiger partial charge in [-0.25, -0.2) is 0 Å². The monoisotopic (exact) mass is 271 g/mol. The van der Waals surface area contributed by atoms with Crippen LogP contribution in [0.4, 0.5) is 5.69 Å². The minimum atomic E-state index is 0.815. The van der Waals surface area contributed by atoms with Gasteiger partial charge < -0.3 is 10.2 Å². The molecule has 0 saturated carbocycles. The van der Waals surface area contributed by atoms with Gasteiger partial charge in [0.05, 0.1) is 11.3 Å². The summed E-state index contributed by atoms with van der Waals surface area (Å²) in [6.07, 6.45) is 3.78. The van der Waals surface area contributed by atoms with Crippen molar-refractivity contribution in [2.75, 3.05) is 24.5 Å². The summed E-state index contributed by atoms with van der Waals surface area (Å²) >= 11 is 0. The number of nitrogens with one attached hydrogen (secondary N) is 1. The summed E-state index contributed by atoms with van der Waals surface area (Å²) < 4.78 is 0. The van der Waals surface area contributed by atoms with Gasteiger partial charge in [-0.15, -0.1) is 0 Å². The topological polar surface area (TPSA) is 39.1 Å². The Kier molecular flexibility index (Phi) is 5.43. The number of anilines is 1. The molecule has 1 aliphatic heterocycles. The van der Waals surface area contributed by atoms with Crippen molar-refractivity contribution in [2.24, 2.45) is 5.92 Å². The van der Waals surface area contributed by atoms with Crippen molar-refractivity contribution in [1.29, 1.82) is 5.26 Å². The van der Waals surface area contributed by atoms with Crippen molar-refractivity contribution in [3.8, 4) is 6.07 Å². The molecule has 3 heteroatoms. The van der Waals surface area contributed by atoms with Gasteiger partial charge in [0.25, 0.3) is 0 Å². The highest BCUT2D eigenvalue weighted by Gasteiger charge is 2.20. The lowest BCUT2D eigenvalue weighted by Gasteiger charge is -2.33. The van der Waals surface area contributed by atoms with Crippen LogP contribution in [0.25, 0.3) is 0 Å². The van der Waals surface area contributed by atoms with Crippen LogP contribution >= 0.6 is 0 Å². The Bertz CT molecular complexity index is 468. The molecule has 20 heavy (non-hydrogen) atoms. The van der Waals surface area contributed by atoms with Gasteiger partial charge in [0, 0.05) is 19.6 Å². The molecule has 0 atom stereocenters. The van der Waals surface area contributed by atoms with Crippen molar-refractivity contribution in [2.45, 2.75) is 39.7 Å². The Morgan fingerprint density at radius 1 is 1.30 bits per heavy atom. The van der Waals surface area contributed by atoms with Gasteiger partial charge in [-0.1, -0.05) is 26.3 Å². The van der Waals surface area contributed by atoms with Gasteiger partial charge >= 0.3 is 0 Å². The molecule has 1 aromatic carbocycles. The van der Waals surface area contributed by atoms with Gasteiger partial charge in [0.15, 0.2) is 0 Å². The zero-order valence-electron chi connectivity index (χ0n) is 12.7. The third-order valence-electron chi connectivity index (χ3n) is 4.29. The molecule has 1 fully saturated rings. The average Bonchev–Trinajstić information content (AvgIpc) is 2.52. The Hall–Kier alpha value is -1.53. The quantitative estimate of drug-likeness (QED) is 0.893. The molecule has 0 unspecified atom stereocenters. The zero-order chi connectivity index (χ0) is 14.4. The number of hydrogen-bond donors (Lipinski definition) is 1. The Balaban J connectivity index is 2.10. The highest BCUT2D eigenvalue weighted by atomic mass is 15.1. The lowest BCUT2D eigenvalue weighted by Crippen LogP contribution is -2.34. The second-order valence-electron chi connectivity index (χ2n) is 5.58. The van der Waals surface area contributed by atoms with Crippen LogP contribution in [0, 0.1) is 17.2 Å². The molecule has 1 N–H and O–H groups in total. The Morgan fingerprint density at radius 3 is 2.65 bits per heavy atom. The van der Waals surface area contributed by atoms with E-state index in [4.69, 9.17) is 0 Å². The largest absolute Gasteiger partial charge is 0.370 e. The first-order valence-corrected chi connectivity index (χ1v) is 7.77. The molecule has 1 saturated heterocycles. The highest BCUT2D eigenvalue weighted by Crippen LogP contribution is 2.28. The molecule has 2 rings (SSSR count). The molecule has 108 valence electrons. The predicted octanol–water partition coefficient (Wildman–Crippen LogP) is 3.29. The van der Waals surface area contributed by atoms with Crippen molar-refractivity contribution < 1.29 is 0 Å². The summed E-state index contributed by atoms with van der Waals surface area (Å²) in [6.45, 7) is 8.32. The summed E-state index contributed by atoms with van der Waals surface area (Å²) in [5.41, 5.74) is 3.12. The normalized spacial score (nSPS) is 16.1. The van der Waals surface area contributed by atoms with Crippen molar-refractivity contribution in [3.63, 3.8) is 0 Å².